The summed E-state index contributed by atoms with van der Waals surface area (Å²) in [5, 5.41) is 5.86. The Bertz CT molecular complexity index is 545. The fourth-order valence-electron chi connectivity index (χ4n) is 2.65. The number of halogens is 1. The molecular formula is C16H25ClN4O2. The number of carbonyl (C=O) groups excluding carboxylic acids is 2. The monoisotopic (exact) mass is 340 g/mol. The molecule has 128 valence electrons. The van der Waals surface area contributed by atoms with Crippen molar-refractivity contribution in [3.8, 4) is 0 Å². The van der Waals surface area contributed by atoms with E-state index in [9.17, 15) is 9.59 Å². The van der Waals surface area contributed by atoms with Gasteiger partial charge in [-0.05, 0) is 44.5 Å². The minimum atomic E-state index is -0.490. The Labute approximate surface area is 143 Å². The normalized spacial score (nSPS) is 14.0. The van der Waals surface area contributed by atoms with E-state index in [2.05, 4.69) is 15.5 Å². The van der Waals surface area contributed by atoms with Crippen LogP contribution in [0.5, 0.6) is 0 Å². The van der Waals surface area contributed by atoms with Gasteiger partial charge in [-0.3, -0.25) is 9.59 Å². The summed E-state index contributed by atoms with van der Waals surface area (Å²) in [5.41, 5.74) is 7.38. The number of hydrogen-bond acceptors (Lipinski definition) is 4. The molecular weight excluding hydrogens is 316 g/mol. The molecule has 1 aliphatic rings. The SMILES string of the molecule is CNCCC(=O)Nc1cc(C(N)=O)ccc1N1CCCCC1.Cl. The van der Waals surface area contributed by atoms with Crippen LogP contribution in [0.25, 0.3) is 0 Å². The van der Waals surface area contributed by atoms with Crippen LogP contribution in [0.15, 0.2) is 18.2 Å². The lowest BCUT2D eigenvalue weighted by Crippen LogP contribution is -2.31. The van der Waals surface area contributed by atoms with Gasteiger partial charge in [0.1, 0.15) is 0 Å². The number of rotatable bonds is 6. The van der Waals surface area contributed by atoms with Crippen molar-refractivity contribution in [2.45, 2.75) is 25.7 Å². The molecule has 1 fully saturated rings. The second-order valence-electron chi connectivity index (χ2n) is 5.55. The third-order valence-corrected chi connectivity index (χ3v) is 3.85. The summed E-state index contributed by atoms with van der Waals surface area (Å²) in [4.78, 5) is 25.6. The molecule has 0 saturated carbocycles. The van der Waals surface area contributed by atoms with Crippen molar-refractivity contribution in [1.29, 1.82) is 0 Å². The molecule has 1 aromatic carbocycles. The standard InChI is InChI=1S/C16H24N4O2.ClH/c1-18-8-7-15(21)19-13-11-12(16(17)22)5-6-14(13)20-9-3-2-4-10-20;/h5-6,11,18H,2-4,7-10H2,1H3,(H2,17,22)(H,19,21);1H. The maximum atomic E-state index is 12.0. The van der Waals surface area contributed by atoms with E-state index in [1.54, 1.807) is 19.2 Å². The van der Waals surface area contributed by atoms with E-state index in [0.717, 1.165) is 31.6 Å². The summed E-state index contributed by atoms with van der Waals surface area (Å²) in [6, 6.07) is 5.26. The molecule has 4 N–H and O–H groups in total. The number of piperidine rings is 1. The van der Waals surface area contributed by atoms with Gasteiger partial charge in [0.2, 0.25) is 11.8 Å². The Balaban J connectivity index is 0.00000264. The van der Waals surface area contributed by atoms with Gasteiger partial charge in [0, 0.05) is 31.6 Å². The number of amides is 2. The predicted octanol–water partition coefficient (Wildman–Crippen LogP) is 1.75. The Kier molecular flexibility index (Phi) is 7.85. The molecule has 1 saturated heterocycles. The molecule has 7 heteroatoms. The van der Waals surface area contributed by atoms with E-state index in [0.29, 0.717) is 24.2 Å². The van der Waals surface area contributed by atoms with Crippen LogP contribution in [-0.4, -0.2) is 38.5 Å². The molecule has 0 unspecified atom stereocenters. The maximum absolute atomic E-state index is 12.0. The molecule has 0 aromatic heterocycles. The lowest BCUT2D eigenvalue weighted by molar-refractivity contribution is -0.116. The number of hydrogen-bond donors (Lipinski definition) is 3. The summed E-state index contributed by atoms with van der Waals surface area (Å²) < 4.78 is 0. The van der Waals surface area contributed by atoms with Gasteiger partial charge in [0.05, 0.1) is 11.4 Å². The predicted molar refractivity (Wildman–Crippen MR) is 95.4 cm³/mol. The Hall–Kier alpha value is -1.79. The number of nitrogens with zero attached hydrogens (tertiary/aromatic N) is 1. The summed E-state index contributed by atoms with van der Waals surface area (Å²) in [6.07, 6.45) is 3.91. The van der Waals surface area contributed by atoms with E-state index in [1.165, 1.54) is 6.42 Å². The van der Waals surface area contributed by atoms with E-state index in [-0.39, 0.29) is 18.3 Å². The molecule has 0 bridgehead atoms. The number of carbonyl (C=O) groups is 2. The zero-order valence-corrected chi connectivity index (χ0v) is 14.2. The van der Waals surface area contributed by atoms with E-state index in [1.807, 2.05) is 6.07 Å². The zero-order chi connectivity index (χ0) is 15.9. The molecule has 0 atom stereocenters. The van der Waals surface area contributed by atoms with Crippen molar-refractivity contribution in [3.63, 3.8) is 0 Å². The summed E-state index contributed by atoms with van der Waals surface area (Å²) in [6.45, 7) is 2.55. The first kappa shape index (κ1) is 19.3. The summed E-state index contributed by atoms with van der Waals surface area (Å²) >= 11 is 0. The average molecular weight is 341 g/mol. The van der Waals surface area contributed by atoms with Crippen molar-refractivity contribution in [2.24, 2.45) is 5.73 Å². The van der Waals surface area contributed by atoms with Crippen LogP contribution >= 0.6 is 12.4 Å². The third kappa shape index (κ3) is 5.41. The number of anilines is 2. The van der Waals surface area contributed by atoms with Gasteiger partial charge in [0.25, 0.3) is 0 Å². The molecule has 23 heavy (non-hydrogen) atoms. The molecule has 1 aliphatic heterocycles. The lowest BCUT2D eigenvalue weighted by atomic mass is 10.1. The molecule has 0 spiro atoms. The number of nitrogens with one attached hydrogen (secondary N) is 2. The van der Waals surface area contributed by atoms with Crippen LogP contribution in [0.2, 0.25) is 0 Å². The highest BCUT2D eigenvalue weighted by molar-refractivity contribution is 5.99. The lowest BCUT2D eigenvalue weighted by Gasteiger charge is -2.30. The van der Waals surface area contributed by atoms with Crippen LogP contribution in [0.4, 0.5) is 11.4 Å². The first-order valence-corrected chi connectivity index (χ1v) is 7.75. The number of benzene rings is 1. The van der Waals surface area contributed by atoms with Crippen LogP contribution in [0.1, 0.15) is 36.0 Å². The zero-order valence-electron chi connectivity index (χ0n) is 13.4. The molecule has 6 nitrogen and oxygen atoms in total. The first-order chi connectivity index (χ1) is 10.6. The van der Waals surface area contributed by atoms with Crippen LogP contribution in [0.3, 0.4) is 0 Å². The van der Waals surface area contributed by atoms with Gasteiger partial charge in [-0.25, -0.2) is 0 Å². The van der Waals surface area contributed by atoms with Crippen LogP contribution in [-0.2, 0) is 4.79 Å². The molecule has 1 heterocycles. The Morgan fingerprint density at radius 3 is 2.52 bits per heavy atom. The van der Waals surface area contributed by atoms with Crippen molar-refractivity contribution >= 4 is 35.6 Å². The third-order valence-electron chi connectivity index (χ3n) is 3.85. The van der Waals surface area contributed by atoms with Gasteiger partial charge in [-0.1, -0.05) is 0 Å². The Morgan fingerprint density at radius 1 is 1.22 bits per heavy atom. The van der Waals surface area contributed by atoms with Crippen LogP contribution < -0.4 is 21.3 Å². The highest BCUT2D eigenvalue weighted by atomic mass is 35.5. The minimum Gasteiger partial charge on any atom is -0.370 e. The largest absolute Gasteiger partial charge is 0.370 e. The number of nitrogens with two attached hydrogens (primary N) is 1. The summed E-state index contributed by atoms with van der Waals surface area (Å²) in [7, 11) is 1.81. The van der Waals surface area contributed by atoms with Crippen molar-refractivity contribution in [2.75, 3.05) is 36.9 Å². The van der Waals surface area contributed by atoms with Crippen molar-refractivity contribution < 1.29 is 9.59 Å². The van der Waals surface area contributed by atoms with Gasteiger partial charge < -0.3 is 21.3 Å². The van der Waals surface area contributed by atoms with E-state index < -0.39 is 5.91 Å². The van der Waals surface area contributed by atoms with Crippen LogP contribution in [0, 0.1) is 0 Å². The molecule has 2 amide bonds. The fourth-order valence-corrected chi connectivity index (χ4v) is 2.65. The number of primary amides is 1. The van der Waals surface area contributed by atoms with E-state index in [4.69, 9.17) is 5.73 Å². The molecule has 2 rings (SSSR count). The average Bonchev–Trinajstić information content (AvgIpc) is 2.53. The van der Waals surface area contributed by atoms with E-state index >= 15 is 0 Å². The second-order valence-corrected chi connectivity index (χ2v) is 5.55. The van der Waals surface area contributed by atoms with Crippen molar-refractivity contribution in [3.05, 3.63) is 23.8 Å². The first-order valence-electron chi connectivity index (χ1n) is 7.75. The molecule has 1 aromatic rings. The highest BCUT2D eigenvalue weighted by Crippen LogP contribution is 2.29. The quantitative estimate of drug-likeness (QED) is 0.736. The Morgan fingerprint density at radius 2 is 1.91 bits per heavy atom. The van der Waals surface area contributed by atoms with Gasteiger partial charge in [0.15, 0.2) is 0 Å². The highest BCUT2D eigenvalue weighted by Gasteiger charge is 2.17. The second kappa shape index (κ2) is 9.37. The summed E-state index contributed by atoms with van der Waals surface area (Å²) in [5.74, 6) is -0.565. The smallest absolute Gasteiger partial charge is 0.248 e. The van der Waals surface area contributed by atoms with Gasteiger partial charge in [-0.15, -0.1) is 12.4 Å². The molecule has 0 radical (unpaired) electrons. The minimum absolute atomic E-state index is 0. The van der Waals surface area contributed by atoms with Crippen molar-refractivity contribution in [1.82, 2.24) is 5.32 Å². The van der Waals surface area contributed by atoms with Gasteiger partial charge >= 0.3 is 0 Å². The van der Waals surface area contributed by atoms with Gasteiger partial charge in [-0.2, -0.15) is 0 Å². The fraction of sp³-hybridized carbons (Fsp3) is 0.500. The molecule has 0 aliphatic carbocycles. The maximum Gasteiger partial charge on any atom is 0.248 e. The topological polar surface area (TPSA) is 87.5 Å².